The van der Waals surface area contributed by atoms with Crippen molar-refractivity contribution in [3.05, 3.63) is 95.9 Å². The Hall–Kier alpha value is -3.38. The van der Waals surface area contributed by atoms with E-state index in [0.717, 1.165) is 22.6 Å². The van der Waals surface area contributed by atoms with Crippen LogP contribution in [-0.2, 0) is 11.3 Å². The maximum absolute atomic E-state index is 12.6. The Balaban J connectivity index is 1.86. The number of amides is 1. The van der Waals surface area contributed by atoms with E-state index < -0.39 is 11.9 Å². The van der Waals surface area contributed by atoms with Gasteiger partial charge in [0.05, 0.1) is 12.0 Å². The molecule has 164 valence electrons. The molecule has 0 aliphatic heterocycles. The third-order valence-corrected chi connectivity index (χ3v) is 5.85. The van der Waals surface area contributed by atoms with E-state index in [9.17, 15) is 4.79 Å². The number of rotatable bonds is 8. The molecule has 1 amide bonds. The number of nitrogens with two attached hydrogens (primary N) is 1. The zero-order chi connectivity index (χ0) is 22.7. The Kier molecular flexibility index (Phi) is 6.42. The fraction of sp³-hybridized carbons (Fsp3) is 0.240. The average Bonchev–Trinajstić information content (AvgIpc) is 3.42. The summed E-state index contributed by atoms with van der Waals surface area (Å²) in [6.45, 7) is 4.79. The van der Waals surface area contributed by atoms with Crippen molar-refractivity contribution in [2.45, 2.75) is 32.4 Å². The molecule has 0 bridgehead atoms. The molecule has 2 heterocycles. The van der Waals surface area contributed by atoms with E-state index in [-0.39, 0.29) is 11.8 Å². The third-order valence-electron chi connectivity index (χ3n) is 5.62. The Morgan fingerprint density at radius 3 is 2.53 bits per heavy atom. The predicted molar refractivity (Wildman–Crippen MR) is 126 cm³/mol. The van der Waals surface area contributed by atoms with Crippen LogP contribution in [0, 0.1) is 5.92 Å². The fourth-order valence-electron chi connectivity index (χ4n) is 4.14. The van der Waals surface area contributed by atoms with E-state index >= 15 is 0 Å². The summed E-state index contributed by atoms with van der Waals surface area (Å²) < 4.78 is 3.89. The maximum atomic E-state index is 12.6. The highest BCUT2D eigenvalue weighted by Gasteiger charge is 2.35. The fourth-order valence-corrected chi connectivity index (χ4v) is 4.33. The van der Waals surface area contributed by atoms with Gasteiger partial charge in [0.15, 0.2) is 0 Å². The normalized spacial score (nSPS) is 13.2. The van der Waals surface area contributed by atoms with Gasteiger partial charge in [-0.2, -0.15) is 0 Å². The molecule has 0 saturated carbocycles. The lowest BCUT2D eigenvalue weighted by Crippen LogP contribution is -2.34. The molecule has 32 heavy (non-hydrogen) atoms. The van der Waals surface area contributed by atoms with Crippen molar-refractivity contribution in [3.63, 3.8) is 0 Å². The SMILES string of the molecule is CC(C)[C@@H](c1nc(-c2cccc(Cl)c2)cn1Cc1ccccc1)C(C(N)=O)n1ccnc1. The highest BCUT2D eigenvalue weighted by molar-refractivity contribution is 6.30. The van der Waals surface area contributed by atoms with Gasteiger partial charge in [0.25, 0.3) is 0 Å². The third kappa shape index (κ3) is 4.60. The van der Waals surface area contributed by atoms with Gasteiger partial charge in [-0.3, -0.25) is 4.79 Å². The molecule has 0 saturated heterocycles. The quantitative estimate of drug-likeness (QED) is 0.416. The van der Waals surface area contributed by atoms with Gasteiger partial charge in [0, 0.05) is 41.6 Å². The van der Waals surface area contributed by atoms with Gasteiger partial charge in [-0.1, -0.05) is 67.9 Å². The molecule has 0 aliphatic carbocycles. The highest BCUT2D eigenvalue weighted by atomic mass is 35.5. The smallest absolute Gasteiger partial charge is 0.241 e. The topological polar surface area (TPSA) is 78.7 Å². The van der Waals surface area contributed by atoms with Crippen molar-refractivity contribution in [2.24, 2.45) is 11.7 Å². The van der Waals surface area contributed by atoms with Gasteiger partial charge in [0.1, 0.15) is 11.9 Å². The largest absolute Gasteiger partial charge is 0.368 e. The van der Waals surface area contributed by atoms with Crippen LogP contribution in [0.15, 0.2) is 79.5 Å². The summed E-state index contributed by atoms with van der Waals surface area (Å²) >= 11 is 6.24. The highest BCUT2D eigenvalue weighted by Crippen LogP contribution is 2.36. The molecule has 2 atom stereocenters. The van der Waals surface area contributed by atoms with Crippen LogP contribution in [0.4, 0.5) is 0 Å². The molecule has 2 N–H and O–H groups in total. The van der Waals surface area contributed by atoms with Crippen LogP contribution < -0.4 is 5.73 Å². The number of hydrogen-bond donors (Lipinski definition) is 1. The van der Waals surface area contributed by atoms with Crippen LogP contribution in [0.5, 0.6) is 0 Å². The molecule has 2 aromatic heterocycles. The van der Waals surface area contributed by atoms with Crippen molar-refractivity contribution >= 4 is 17.5 Å². The number of carbonyl (C=O) groups excluding carboxylic acids is 1. The first kappa shape index (κ1) is 21.8. The van der Waals surface area contributed by atoms with Gasteiger partial charge in [0.2, 0.25) is 5.91 Å². The van der Waals surface area contributed by atoms with E-state index in [1.54, 1.807) is 23.3 Å². The van der Waals surface area contributed by atoms with Crippen LogP contribution in [0.25, 0.3) is 11.3 Å². The van der Waals surface area contributed by atoms with Gasteiger partial charge in [-0.15, -0.1) is 0 Å². The van der Waals surface area contributed by atoms with E-state index in [0.29, 0.717) is 11.6 Å². The number of benzene rings is 2. The summed E-state index contributed by atoms with van der Waals surface area (Å²) in [4.78, 5) is 21.8. The van der Waals surface area contributed by atoms with Crippen LogP contribution >= 0.6 is 11.6 Å². The van der Waals surface area contributed by atoms with Crippen LogP contribution in [-0.4, -0.2) is 25.0 Å². The second-order valence-corrected chi connectivity index (χ2v) is 8.67. The Morgan fingerprint density at radius 2 is 1.91 bits per heavy atom. The molecule has 0 radical (unpaired) electrons. The van der Waals surface area contributed by atoms with E-state index in [1.807, 2.05) is 48.7 Å². The Labute approximate surface area is 192 Å². The molecule has 7 heteroatoms. The van der Waals surface area contributed by atoms with Crippen molar-refractivity contribution in [1.82, 2.24) is 19.1 Å². The number of primary amides is 1. The molecule has 0 spiro atoms. The summed E-state index contributed by atoms with van der Waals surface area (Å²) in [7, 11) is 0. The van der Waals surface area contributed by atoms with Gasteiger partial charge < -0.3 is 14.9 Å². The number of halogens is 1. The first-order chi connectivity index (χ1) is 15.4. The van der Waals surface area contributed by atoms with Crippen molar-refractivity contribution < 1.29 is 4.79 Å². The predicted octanol–water partition coefficient (Wildman–Crippen LogP) is 4.91. The Bertz CT molecular complexity index is 1180. The summed E-state index contributed by atoms with van der Waals surface area (Å²) in [6, 6.07) is 17.2. The molecule has 4 aromatic rings. The Morgan fingerprint density at radius 1 is 1.12 bits per heavy atom. The van der Waals surface area contributed by atoms with E-state index in [2.05, 4.69) is 35.5 Å². The zero-order valence-corrected chi connectivity index (χ0v) is 18.9. The van der Waals surface area contributed by atoms with Crippen molar-refractivity contribution in [2.75, 3.05) is 0 Å². The van der Waals surface area contributed by atoms with Crippen LogP contribution in [0.3, 0.4) is 0 Å². The number of aromatic nitrogens is 4. The van der Waals surface area contributed by atoms with Crippen LogP contribution in [0.1, 0.15) is 37.2 Å². The molecular weight excluding hydrogens is 422 g/mol. The molecule has 0 aliphatic rings. The summed E-state index contributed by atoms with van der Waals surface area (Å²) in [5, 5.41) is 0.649. The molecular formula is C25H26ClN5O. The monoisotopic (exact) mass is 447 g/mol. The summed E-state index contributed by atoms with van der Waals surface area (Å²) in [6.07, 6.45) is 7.08. The van der Waals surface area contributed by atoms with Gasteiger partial charge in [-0.05, 0) is 23.6 Å². The van der Waals surface area contributed by atoms with Gasteiger partial charge in [-0.25, -0.2) is 9.97 Å². The number of carbonyl (C=O) groups is 1. The number of imidazole rings is 2. The van der Waals surface area contributed by atoms with Crippen LogP contribution in [0.2, 0.25) is 5.02 Å². The first-order valence-electron chi connectivity index (χ1n) is 10.6. The molecule has 4 rings (SSSR count). The number of nitrogens with zero attached hydrogens (tertiary/aromatic N) is 4. The summed E-state index contributed by atoms with van der Waals surface area (Å²) in [5.74, 6) is 0.231. The minimum atomic E-state index is -0.610. The minimum absolute atomic E-state index is 0.0963. The van der Waals surface area contributed by atoms with Gasteiger partial charge >= 0.3 is 0 Å². The lowest BCUT2D eigenvalue weighted by Gasteiger charge is -2.29. The van der Waals surface area contributed by atoms with E-state index in [4.69, 9.17) is 22.3 Å². The molecule has 0 fully saturated rings. The second kappa shape index (κ2) is 9.40. The maximum Gasteiger partial charge on any atom is 0.241 e. The summed E-state index contributed by atoms with van der Waals surface area (Å²) in [5.41, 5.74) is 8.77. The first-order valence-corrected chi connectivity index (χ1v) is 11.0. The lowest BCUT2D eigenvalue weighted by molar-refractivity contribution is -0.122. The molecule has 6 nitrogen and oxygen atoms in total. The zero-order valence-electron chi connectivity index (χ0n) is 18.1. The lowest BCUT2D eigenvalue weighted by atomic mass is 9.86. The van der Waals surface area contributed by atoms with Crippen molar-refractivity contribution in [1.29, 1.82) is 0 Å². The van der Waals surface area contributed by atoms with E-state index in [1.165, 1.54) is 0 Å². The average molecular weight is 448 g/mol. The standard InChI is InChI=1S/C25H26ClN5O/c1-17(2)22(23(24(27)32)30-12-11-28-16-30)25-29-21(19-9-6-10-20(26)13-19)15-31(25)14-18-7-4-3-5-8-18/h3-13,15-17,22-23H,14H2,1-2H3,(H2,27,32)/t22-,23?/m1/s1. The second-order valence-electron chi connectivity index (χ2n) is 8.24. The molecule has 1 unspecified atom stereocenters. The minimum Gasteiger partial charge on any atom is -0.368 e. The number of hydrogen-bond acceptors (Lipinski definition) is 3. The van der Waals surface area contributed by atoms with Crippen molar-refractivity contribution in [3.8, 4) is 11.3 Å². The molecule has 2 aromatic carbocycles.